The molecule has 0 saturated carbocycles. The number of phenolic OH excluding ortho intramolecular Hbond substituents is 1. The van der Waals surface area contributed by atoms with Gasteiger partial charge in [-0.3, -0.25) is 0 Å². The zero-order valence-electron chi connectivity index (χ0n) is 7.74. The van der Waals surface area contributed by atoms with E-state index >= 15 is 0 Å². The first-order valence-corrected chi connectivity index (χ1v) is 4.00. The summed E-state index contributed by atoms with van der Waals surface area (Å²) in [6.45, 7) is 1.75. The minimum Gasteiger partial charge on any atom is -0.504 e. The highest BCUT2D eigenvalue weighted by molar-refractivity contribution is 5.51. The van der Waals surface area contributed by atoms with Crippen molar-refractivity contribution in [2.75, 3.05) is 13.7 Å². The van der Waals surface area contributed by atoms with Crippen molar-refractivity contribution in [3.8, 4) is 11.5 Å². The standard InChI is InChI=1S/C10H13O3/c1-7(6-11)8-4-3-5-9(12)10(8)13-2/h3-5,11-12H,6H2,1-2H3. The van der Waals surface area contributed by atoms with Gasteiger partial charge in [-0.2, -0.15) is 0 Å². The molecule has 71 valence electrons. The molecule has 0 aliphatic heterocycles. The van der Waals surface area contributed by atoms with E-state index in [1.54, 1.807) is 25.1 Å². The highest BCUT2D eigenvalue weighted by Gasteiger charge is 2.13. The van der Waals surface area contributed by atoms with Crippen LogP contribution in [-0.2, 0) is 0 Å². The molecule has 0 unspecified atom stereocenters. The molecular weight excluding hydrogens is 168 g/mol. The zero-order valence-corrected chi connectivity index (χ0v) is 7.74. The number of phenols is 1. The van der Waals surface area contributed by atoms with Crippen molar-refractivity contribution in [3.63, 3.8) is 0 Å². The maximum atomic E-state index is 9.42. The lowest BCUT2D eigenvalue weighted by Gasteiger charge is -2.13. The average Bonchev–Trinajstić information content (AvgIpc) is 2.16. The average molecular weight is 181 g/mol. The van der Waals surface area contributed by atoms with Gasteiger partial charge in [0.25, 0.3) is 0 Å². The van der Waals surface area contributed by atoms with Crippen LogP contribution in [0.3, 0.4) is 0 Å². The first kappa shape index (κ1) is 9.86. The highest BCUT2D eigenvalue weighted by Crippen LogP contribution is 2.33. The summed E-state index contributed by atoms with van der Waals surface area (Å²) in [6, 6.07) is 5.06. The lowest BCUT2D eigenvalue weighted by Crippen LogP contribution is -2.02. The molecule has 2 N–H and O–H groups in total. The quantitative estimate of drug-likeness (QED) is 0.739. The summed E-state index contributed by atoms with van der Waals surface area (Å²) < 4.78 is 5.02. The van der Waals surface area contributed by atoms with Crippen LogP contribution < -0.4 is 4.74 Å². The van der Waals surface area contributed by atoms with Crippen molar-refractivity contribution < 1.29 is 14.9 Å². The van der Waals surface area contributed by atoms with Gasteiger partial charge in [0.2, 0.25) is 0 Å². The van der Waals surface area contributed by atoms with Crippen molar-refractivity contribution >= 4 is 0 Å². The third kappa shape index (κ3) is 1.92. The first-order valence-electron chi connectivity index (χ1n) is 4.00. The Bertz CT molecular complexity index is 283. The molecular formula is C10H13O3. The zero-order chi connectivity index (χ0) is 9.84. The fourth-order valence-corrected chi connectivity index (χ4v) is 1.16. The van der Waals surface area contributed by atoms with Gasteiger partial charge in [0, 0.05) is 11.5 Å². The Morgan fingerprint density at radius 2 is 2.15 bits per heavy atom. The molecule has 0 amide bonds. The second-order valence-electron chi connectivity index (χ2n) is 2.80. The van der Waals surface area contributed by atoms with Crippen LogP contribution in [0.1, 0.15) is 12.5 Å². The van der Waals surface area contributed by atoms with Crippen LogP contribution >= 0.6 is 0 Å². The van der Waals surface area contributed by atoms with Crippen LogP contribution in [0.15, 0.2) is 18.2 Å². The summed E-state index contributed by atoms with van der Waals surface area (Å²) in [5, 5.41) is 18.3. The molecule has 3 heteroatoms. The molecule has 13 heavy (non-hydrogen) atoms. The molecule has 0 bridgehead atoms. The Labute approximate surface area is 77.6 Å². The van der Waals surface area contributed by atoms with Crippen molar-refractivity contribution in [1.82, 2.24) is 0 Å². The van der Waals surface area contributed by atoms with E-state index in [4.69, 9.17) is 9.84 Å². The predicted molar refractivity (Wildman–Crippen MR) is 49.8 cm³/mol. The van der Waals surface area contributed by atoms with E-state index in [1.165, 1.54) is 7.11 Å². The lowest BCUT2D eigenvalue weighted by atomic mass is 10.0. The van der Waals surface area contributed by atoms with Crippen LogP contribution in [-0.4, -0.2) is 23.9 Å². The summed E-state index contributed by atoms with van der Waals surface area (Å²) >= 11 is 0. The fraction of sp³-hybridized carbons (Fsp3) is 0.300. The molecule has 0 fully saturated rings. The van der Waals surface area contributed by atoms with Crippen LogP contribution in [0.25, 0.3) is 0 Å². The Hall–Kier alpha value is -1.22. The van der Waals surface area contributed by atoms with E-state index in [2.05, 4.69) is 0 Å². The summed E-state index contributed by atoms with van der Waals surface area (Å²) in [5.74, 6) is 1.27. The molecule has 0 atom stereocenters. The largest absolute Gasteiger partial charge is 0.504 e. The molecule has 3 nitrogen and oxygen atoms in total. The van der Waals surface area contributed by atoms with Gasteiger partial charge in [0.05, 0.1) is 13.7 Å². The molecule has 0 saturated heterocycles. The fourth-order valence-electron chi connectivity index (χ4n) is 1.16. The predicted octanol–water partition coefficient (Wildman–Crippen LogP) is 1.34. The minimum atomic E-state index is -0.0419. The van der Waals surface area contributed by atoms with Crippen LogP contribution in [0.2, 0.25) is 0 Å². The number of para-hydroxylation sites is 1. The number of methoxy groups -OCH3 is 1. The van der Waals surface area contributed by atoms with E-state index in [-0.39, 0.29) is 12.4 Å². The Kier molecular flexibility index (Phi) is 3.14. The van der Waals surface area contributed by atoms with Gasteiger partial charge in [-0.05, 0) is 6.07 Å². The molecule has 1 rings (SSSR count). The van der Waals surface area contributed by atoms with Gasteiger partial charge < -0.3 is 14.9 Å². The van der Waals surface area contributed by atoms with Crippen molar-refractivity contribution in [1.29, 1.82) is 0 Å². The third-order valence-electron chi connectivity index (χ3n) is 1.90. The normalized spacial score (nSPS) is 10.5. The number of rotatable bonds is 3. The van der Waals surface area contributed by atoms with E-state index < -0.39 is 0 Å². The molecule has 1 aromatic carbocycles. The Morgan fingerprint density at radius 3 is 2.69 bits per heavy atom. The van der Waals surface area contributed by atoms with Gasteiger partial charge in [-0.15, -0.1) is 0 Å². The number of hydrogen-bond acceptors (Lipinski definition) is 3. The Balaban J connectivity index is 3.12. The number of hydrogen-bond donors (Lipinski definition) is 2. The Morgan fingerprint density at radius 1 is 1.46 bits per heavy atom. The summed E-state index contributed by atoms with van der Waals surface area (Å²) in [7, 11) is 1.49. The maximum Gasteiger partial charge on any atom is 0.164 e. The van der Waals surface area contributed by atoms with E-state index in [0.29, 0.717) is 5.75 Å². The molecule has 1 aromatic rings. The van der Waals surface area contributed by atoms with Crippen LogP contribution in [0.4, 0.5) is 0 Å². The van der Waals surface area contributed by atoms with Crippen molar-refractivity contribution in [3.05, 3.63) is 29.7 Å². The van der Waals surface area contributed by atoms with Crippen molar-refractivity contribution in [2.45, 2.75) is 6.92 Å². The van der Waals surface area contributed by atoms with Gasteiger partial charge in [0.15, 0.2) is 11.5 Å². The molecule has 0 heterocycles. The molecule has 0 spiro atoms. The number of aromatic hydroxyl groups is 1. The van der Waals surface area contributed by atoms with Gasteiger partial charge in [-0.25, -0.2) is 0 Å². The van der Waals surface area contributed by atoms with Crippen molar-refractivity contribution in [2.24, 2.45) is 0 Å². The van der Waals surface area contributed by atoms with Gasteiger partial charge in [0.1, 0.15) is 0 Å². The molecule has 0 aliphatic carbocycles. The summed E-state index contributed by atoms with van der Waals surface area (Å²) in [4.78, 5) is 0. The number of aliphatic hydroxyl groups excluding tert-OH is 1. The minimum absolute atomic E-state index is 0.0419. The summed E-state index contributed by atoms with van der Waals surface area (Å²) in [5.41, 5.74) is 0.741. The van der Waals surface area contributed by atoms with E-state index in [9.17, 15) is 5.11 Å². The molecule has 1 radical (unpaired) electrons. The smallest absolute Gasteiger partial charge is 0.164 e. The second-order valence-corrected chi connectivity index (χ2v) is 2.80. The van der Waals surface area contributed by atoms with Crippen LogP contribution in [0.5, 0.6) is 11.5 Å². The topological polar surface area (TPSA) is 49.7 Å². The van der Waals surface area contributed by atoms with Crippen LogP contribution in [0, 0.1) is 5.92 Å². The first-order chi connectivity index (χ1) is 6.20. The number of aliphatic hydroxyl groups is 1. The number of ether oxygens (including phenoxy) is 1. The number of benzene rings is 1. The maximum absolute atomic E-state index is 9.42. The molecule has 0 aliphatic rings. The van der Waals surface area contributed by atoms with Gasteiger partial charge >= 0.3 is 0 Å². The lowest BCUT2D eigenvalue weighted by molar-refractivity contribution is 0.311. The van der Waals surface area contributed by atoms with Gasteiger partial charge in [-0.1, -0.05) is 19.1 Å². The summed E-state index contributed by atoms with van der Waals surface area (Å²) in [6.07, 6.45) is 0. The third-order valence-corrected chi connectivity index (χ3v) is 1.90. The SMILES string of the molecule is COc1c(O)cccc1[C](C)CO. The van der Waals surface area contributed by atoms with E-state index in [0.717, 1.165) is 11.5 Å². The second kappa shape index (κ2) is 4.14. The highest BCUT2D eigenvalue weighted by atomic mass is 16.5. The monoisotopic (exact) mass is 181 g/mol. The van der Waals surface area contributed by atoms with E-state index in [1.807, 2.05) is 0 Å². The molecule has 0 aromatic heterocycles.